The van der Waals surface area contributed by atoms with Crippen molar-refractivity contribution in [3.63, 3.8) is 0 Å². The molecule has 1 saturated heterocycles. The maximum absolute atomic E-state index is 13.4. The highest BCUT2D eigenvalue weighted by molar-refractivity contribution is 8.00. The number of aromatic nitrogens is 1. The molecule has 2 unspecified atom stereocenters. The summed E-state index contributed by atoms with van der Waals surface area (Å²) >= 11 is 1.58. The van der Waals surface area contributed by atoms with Gasteiger partial charge in [-0.05, 0) is 49.6 Å². The lowest BCUT2D eigenvalue weighted by molar-refractivity contribution is -0.133. The van der Waals surface area contributed by atoms with Crippen LogP contribution >= 0.6 is 11.8 Å². The lowest BCUT2D eigenvalue weighted by Gasteiger charge is -2.33. The number of ether oxygens (including phenoxy) is 1. The number of pyridine rings is 1. The summed E-state index contributed by atoms with van der Waals surface area (Å²) in [4.78, 5) is 32.1. The molecule has 2 fully saturated rings. The number of fused-ring (bicyclic) bond motifs is 1. The Kier molecular flexibility index (Phi) is 6.80. The Labute approximate surface area is 187 Å². The predicted molar refractivity (Wildman–Crippen MR) is 123 cm³/mol. The SMILES string of the molecule is COc1ccc([C@H](C)N2C(=O)C3CCCCC3[C@H]2SCC(=O)Nc2ccccn2)cc1. The van der Waals surface area contributed by atoms with Crippen molar-refractivity contribution in [1.29, 1.82) is 0 Å². The zero-order chi connectivity index (χ0) is 21.8. The van der Waals surface area contributed by atoms with Crippen LogP contribution in [0.4, 0.5) is 5.82 Å². The number of nitrogens with one attached hydrogen (secondary N) is 1. The largest absolute Gasteiger partial charge is 0.497 e. The van der Waals surface area contributed by atoms with Crippen LogP contribution in [0.15, 0.2) is 48.7 Å². The number of hydrogen-bond donors (Lipinski definition) is 1. The van der Waals surface area contributed by atoms with E-state index in [4.69, 9.17) is 4.74 Å². The third kappa shape index (κ3) is 4.71. The fraction of sp³-hybridized carbons (Fsp3) is 0.458. The molecule has 1 aromatic carbocycles. The predicted octanol–water partition coefficient (Wildman–Crippen LogP) is 4.50. The number of likely N-dealkylation sites (tertiary alicyclic amines) is 1. The Morgan fingerprint density at radius 1 is 1.23 bits per heavy atom. The lowest BCUT2D eigenvalue weighted by atomic mass is 9.81. The van der Waals surface area contributed by atoms with Crippen LogP contribution in [0, 0.1) is 11.8 Å². The number of carbonyl (C=O) groups excluding carboxylic acids is 2. The molecule has 2 heterocycles. The summed E-state index contributed by atoms with van der Waals surface area (Å²) < 4.78 is 5.27. The van der Waals surface area contributed by atoms with Gasteiger partial charge in [-0.15, -0.1) is 11.8 Å². The molecule has 1 aliphatic carbocycles. The number of methoxy groups -OCH3 is 1. The minimum Gasteiger partial charge on any atom is -0.497 e. The lowest BCUT2D eigenvalue weighted by Crippen LogP contribution is -2.36. The molecule has 1 N–H and O–H groups in total. The van der Waals surface area contributed by atoms with Gasteiger partial charge in [0.05, 0.1) is 24.3 Å². The third-order valence-corrected chi connectivity index (χ3v) is 7.71. The van der Waals surface area contributed by atoms with E-state index in [9.17, 15) is 9.59 Å². The van der Waals surface area contributed by atoms with Crippen molar-refractivity contribution in [2.75, 3.05) is 18.2 Å². The van der Waals surface area contributed by atoms with E-state index in [0.717, 1.165) is 37.0 Å². The van der Waals surface area contributed by atoms with E-state index in [1.165, 1.54) is 0 Å². The van der Waals surface area contributed by atoms with Crippen LogP contribution in [-0.2, 0) is 9.59 Å². The highest BCUT2D eigenvalue weighted by atomic mass is 32.2. The number of benzene rings is 1. The minimum absolute atomic E-state index is 0.00406. The summed E-state index contributed by atoms with van der Waals surface area (Å²) in [5.41, 5.74) is 1.08. The second-order valence-corrected chi connectivity index (χ2v) is 9.32. The van der Waals surface area contributed by atoms with E-state index < -0.39 is 0 Å². The number of anilines is 1. The van der Waals surface area contributed by atoms with Crippen LogP contribution in [0.5, 0.6) is 5.75 Å². The van der Waals surface area contributed by atoms with E-state index in [2.05, 4.69) is 17.2 Å². The molecular weight excluding hydrogens is 410 g/mol. The van der Waals surface area contributed by atoms with Gasteiger partial charge in [-0.25, -0.2) is 4.98 Å². The molecule has 0 bridgehead atoms. The maximum atomic E-state index is 13.4. The van der Waals surface area contributed by atoms with E-state index in [-0.39, 0.29) is 29.1 Å². The van der Waals surface area contributed by atoms with Crippen molar-refractivity contribution in [3.8, 4) is 5.75 Å². The fourth-order valence-corrected chi connectivity index (χ4v) is 6.18. The van der Waals surface area contributed by atoms with Gasteiger partial charge < -0.3 is 15.0 Å². The van der Waals surface area contributed by atoms with Crippen molar-refractivity contribution >= 4 is 29.4 Å². The first-order chi connectivity index (χ1) is 15.1. The molecule has 1 aromatic heterocycles. The Balaban J connectivity index is 1.50. The molecule has 2 aromatic rings. The molecule has 31 heavy (non-hydrogen) atoms. The molecular formula is C24H29N3O3S. The van der Waals surface area contributed by atoms with Crippen LogP contribution < -0.4 is 10.1 Å². The molecule has 4 rings (SSSR count). The molecule has 2 aliphatic rings. The highest BCUT2D eigenvalue weighted by Gasteiger charge is 2.50. The number of amides is 2. The van der Waals surface area contributed by atoms with Gasteiger partial charge in [0.1, 0.15) is 11.6 Å². The molecule has 164 valence electrons. The van der Waals surface area contributed by atoms with Crippen LogP contribution in [0.1, 0.15) is 44.2 Å². The average Bonchev–Trinajstić information content (AvgIpc) is 3.09. The Bertz CT molecular complexity index is 906. The summed E-state index contributed by atoms with van der Waals surface area (Å²) in [6.07, 6.45) is 5.91. The molecule has 2 amide bonds. The third-order valence-electron chi connectivity index (χ3n) is 6.36. The first kappa shape index (κ1) is 21.7. The summed E-state index contributed by atoms with van der Waals surface area (Å²) in [5, 5.41) is 2.85. The van der Waals surface area contributed by atoms with Crippen LogP contribution in [0.25, 0.3) is 0 Å². The van der Waals surface area contributed by atoms with E-state index in [1.807, 2.05) is 41.3 Å². The van der Waals surface area contributed by atoms with Crippen molar-refractivity contribution in [2.24, 2.45) is 11.8 Å². The van der Waals surface area contributed by atoms with Gasteiger partial charge >= 0.3 is 0 Å². The summed E-state index contributed by atoms with van der Waals surface area (Å²) in [5.74, 6) is 2.16. The van der Waals surface area contributed by atoms with Crippen LogP contribution in [0.3, 0.4) is 0 Å². The van der Waals surface area contributed by atoms with Crippen LogP contribution in [-0.4, -0.2) is 39.9 Å². The summed E-state index contributed by atoms with van der Waals surface area (Å²) in [6, 6.07) is 13.3. The smallest absolute Gasteiger partial charge is 0.235 e. The van der Waals surface area contributed by atoms with Gasteiger partial charge in [0, 0.05) is 18.0 Å². The number of hydrogen-bond acceptors (Lipinski definition) is 5. The maximum Gasteiger partial charge on any atom is 0.235 e. The van der Waals surface area contributed by atoms with E-state index >= 15 is 0 Å². The van der Waals surface area contributed by atoms with Gasteiger partial charge in [-0.3, -0.25) is 9.59 Å². The topological polar surface area (TPSA) is 71.5 Å². The molecule has 0 spiro atoms. The Morgan fingerprint density at radius 3 is 2.71 bits per heavy atom. The van der Waals surface area contributed by atoms with E-state index in [0.29, 0.717) is 17.5 Å². The molecule has 1 saturated carbocycles. The quantitative estimate of drug-likeness (QED) is 0.688. The van der Waals surface area contributed by atoms with Crippen molar-refractivity contribution < 1.29 is 14.3 Å². The number of thioether (sulfide) groups is 1. The Morgan fingerprint density at radius 2 is 2.00 bits per heavy atom. The second-order valence-electron chi connectivity index (χ2n) is 8.21. The van der Waals surface area contributed by atoms with Crippen molar-refractivity contribution in [1.82, 2.24) is 9.88 Å². The van der Waals surface area contributed by atoms with Gasteiger partial charge in [0.25, 0.3) is 0 Å². The minimum atomic E-state index is -0.0903. The zero-order valence-corrected chi connectivity index (χ0v) is 18.8. The van der Waals surface area contributed by atoms with Gasteiger partial charge in [-0.1, -0.05) is 31.0 Å². The fourth-order valence-electron chi connectivity index (χ4n) is 4.77. The van der Waals surface area contributed by atoms with Gasteiger partial charge in [-0.2, -0.15) is 0 Å². The summed E-state index contributed by atoms with van der Waals surface area (Å²) in [7, 11) is 1.65. The van der Waals surface area contributed by atoms with Gasteiger partial charge in [0.2, 0.25) is 11.8 Å². The Hall–Kier alpha value is -2.54. The number of carbonyl (C=O) groups is 2. The molecule has 0 radical (unpaired) electrons. The second kappa shape index (κ2) is 9.73. The average molecular weight is 440 g/mol. The van der Waals surface area contributed by atoms with Gasteiger partial charge in [0.15, 0.2) is 0 Å². The number of rotatable bonds is 7. The zero-order valence-electron chi connectivity index (χ0n) is 18.0. The first-order valence-electron chi connectivity index (χ1n) is 10.9. The normalized spacial score (nSPS) is 23.9. The molecule has 6 nitrogen and oxygen atoms in total. The van der Waals surface area contributed by atoms with Crippen molar-refractivity contribution in [3.05, 3.63) is 54.2 Å². The molecule has 4 atom stereocenters. The highest BCUT2D eigenvalue weighted by Crippen LogP contribution is 2.48. The molecule has 7 heteroatoms. The number of nitrogens with zero attached hydrogens (tertiary/aromatic N) is 2. The molecule has 1 aliphatic heterocycles. The standard InChI is InChI=1S/C24H29N3O3S/c1-16(17-10-12-18(30-2)13-11-17)27-23(29)19-7-3-4-8-20(19)24(27)31-15-22(28)26-21-9-5-6-14-25-21/h5-6,9-14,16,19-20,24H,3-4,7-8,15H2,1-2H3,(H,25,26,28)/t16-,19?,20?,24+/m0/s1. The van der Waals surface area contributed by atoms with Crippen molar-refractivity contribution in [2.45, 2.75) is 44.0 Å². The van der Waals surface area contributed by atoms with E-state index in [1.54, 1.807) is 31.1 Å². The van der Waals surface area contributed by atoms with Crippen LogP contribution in [0.2, 0.25) is 0 Å². The first-order valence-corrected chi connectivity index (χ1v) is 11.9. The monoisotopic (exact) mass is 439 g/mol. The summed E-state index contributed by atoms with van der Waals surface area (Å²) in [6.45, 7) is 2.08.